The van der Waals surface area contributed by atoms with Gasteiger partial charge in [0.1, 0.15) is 23.3 Å². The number of hydrogen-bond donors (Lipinski definition) is 2. The van der Waals surface area contributed by atoms with Gasteiger partial charge in [0.05, 0.1) is 31.1 Å². The minimum absolute atomic E-state index is 0.0623. The fourth-order valence-corrected chi connectivity index (χ4v) is 4.39. The fraction of sp³-hybridized carbons (Fsp3) is 0.464. The number of benzene rings is 2. The largest absolute Gasteiger partial charge is 0.484 e. The monoisotopic (exact) mass is 558 g/mol. The summed E-state index contributed by atoms with van der Waals surface area (Å²) in [5, 5.41) is 11.7. The highest BCUT2D eigenvalue weighted by Gasteiger charge is 2.33. The Morgan fingerprint density at radius 3 is 2.42 bits per heavy atom. The van der Waals surface area contributed by atoms with Crippen molar-refractivity contribution in [3.8, 4) is 5.75 Å². The summed E-state index contributed by atoms with van der Waals surface area (Å²) in [6, 6.07) is 11.4. The van der Waals surface area contributed by atoms with E-state index in [1.807, 2.05) is 4.90 Å². The average molecular weight is 559 g/mol. The molecule has 2 heterocycles. The lowest BCUT2D eigenvalue weighted by molar-refractivity contribution is -0.133. The molecule has 2 aliphatic rings. The number of carbonyl (C=O) groups excluding carboxylic acids is 3. The van der Waals surface area contributed by atoms with Gasteiger partial charge in [0.25, 0.3) is 5.91 Å². The van der Waals surface area contributed by atoms with E-state index < -0.39 is 29.7 Å². The number of cyclic esters (lactones) is 1. The Morgan fingerprint density at radius 1 is 1.10 bits per heavy atom. The zero-order valence-corrected chi connectivity index (χ0v) is 22.9. The van der Waals surface area contributed by atoms with Crippen molar-refractivity contribution in [2.45, 2.75) is 39.1 Å². The molecule has 0 aromatic heterocycles. The van der Waals surface area contributed by atoms with Gasteiger partial charge in [-0.3, -0.25) is 9.69 Å². The number of rotatable bonds is 8. The molecule has 0 aliphatic carbocycles. The number of ether oxygens (including phenoxy) is 3. The molecule has 0 spiro atoms. The molecule has 2 aromatic rings. The first-order valence-corrected chi connectivity index (χ1v) is 13.1. The van der Waals surface area contributed by atoms with Crippen molar-refractivity contribution in [1.82, 2.24) is 10.2 Å². The molecule has 3 amide bonds. The molecule has 0 bridgehead atoms. The maximum absolute atomic E-state index is 15.1. The number of piperazine rings is 1. The number of anilines is 2. The minimum atomic E-state index is -0.646. The lowest BCUT2D eigenvalue weighted by Gasteiger charge is -2.36. The number of aliphatic hydroxyl groups excluding tert-OH is 1. The van der Waals surface area contributed by atoms with Crippen molar-refractivity contribution in [1.29, 1.82) is 0 Å². The van der Waals surface area contributed by atoms with Crippen molar-refractivity contribution >= 4 is 29.5 Å². The highest BCUT2D eigenvalue weighted by atomic mass is 19.1. The smallest absolute Gasteiger partial charge is 0.414 e. The van der Waals surface area contributed by atoms with E-state index in [9.17, 15) is 14.4 Å². The van der Waals surface area contributed by atoms with Crippen LogP contribution in [-0.2, 0) is 20.9 Å². The van der Waals surface area contributed by atoms with E-state index in [1.54, 1.807) is 62.1 Å². The van der Waals surface area contributed by atoms with Crippen LogP contribution in [0.4, 0.5) is 25.4 Å². The maximum Gasteiger partial charge on any atom is 0.414 e. The van der Waals surface area contributed by atoms with Gasteiger partial charge in [-0.15, -0.1) is 0 Å². The molecule has 0 radical (unpaired) electrons. The summed E-state index contributed by atoms with van der Waals surface area (Å²) in [6.07, 6.45) is -1.83. The molecule has 2 aromatic carbocycles. The number of hydrogen-bond acceptors (Lipinski definition) is 8. The van der Waals surface area contributed by atoms with E-state index in [2.05, 4.69) is 5.32 Å². The van der Waals surface area contributed by atoms with Gasteiger partial charge >= 0.3 is 12.2 Å². The van der Waals surface area contributed by atoms with Crippen molar-refractivity contribution in [3.63, 3.8) is 0 Å². The van der Waals surface area contributed by atoms with Crippen molar-refractivity contribution in [2.24, 2.45) is 0 Å². The van der Waals surface area contributed by atoms with Crippen LogP contribution in [0.2, 0.25) is 0 Å². The SMILES string of the molecule is CC(C)(C)OC(=O)NC[C@H]1CN(c2ccc(N3CCN(C(=O)COc4ccc(CO)cc4)CC3)c(F)c2)C(=O)O1. The standard InChI is InChI=1S/C28H35FN4O7/c1-28(2,3)40-26(36)30-15-22-16-33(27(37)39-22)20-6-9-24(23(29)14-20)31-10-12-32(13-11-31)25(35)18-38-21-7-4-19(17-34)5-8-21/h4-9,14,22,34H,10-13,15-18H2,1-3H3,(H,30,36)/t22-/m0/s1. The number of carbonyl (C=O) groups is 3. The summed E-state index contributed by atoms with van der Waals surface area (Å²) in [7, 11) is 0. The second kappa shape index (κ2) is 12.4. The van der Waals surface area contributed by atoms with Crippen LogP contribution in [0, 0.1) is 5.82 Å². The van der Waals surface area contributed by atoms with Crippen LogP contribution >= 0.6 is 0 Å². The second-order valence-corrected chi connectivity index (χ2v) is 10.6. The predicted molar refractivity (Wildman–Crippen MR) is 145 cm³/mol. The summed E-state index contributed by atoms with van der Waals surface area (Å²) in [6.45, 7) is 7.01. The summed E-state index contributed by atoms with van der Waals surface area (Å²) >= 11 is 0. The zero-order valence-electron chi connectivity index (χ0n) is 22.9. The van der Waals surface area contributed by atoms with Gasteiger partial charge in [0.2, 0.25) is 0 Å². The summed E-state index contributed by atoms with van der Waals surface area (Å²) in [5.74, 6) is -0.112. The van der Waals surface area contributed by atoms with Crippen molar-refractivity contribution < 1.29 is 38.1 Å². The van der Waals surface area contributed by atoms with E-state index in [4.69, 9.17) is 19.3 Å². The first-order chi connectivity index (χ1) is 19.0. The molecule has 4 rings (SSSR count). The van der Waals surface area contributed by atoms with Crippen molar-refractivity contribution in [2.75, 3.05) is 55.7 Å². The third-order valence-corrected chi connectivity index (χ3v) is 6.43. The molecule has 40 heavy (non-hydrogen) atoms. The highest BCUT2D eigenvalue weighted by molar-refractivity contribution is 5.90. The molecule has 2 aliphatic heterocycles. The van der Waals surface area contributed by atoms with Gasteiger partial charge in [-0.2, -0.15) is 0 Å². The normalized spacial score (nSPS) is 17.5. The summed E-state index contributed by atoms with van der Waals surface area (Å²) < 4.78 is 31.2. The average Bonchev–Trinajstić information content (AvgIpc) is 3.30. The molecule has 11 nitrogen and oxygen atoms in total. The van der Waals surface area contributed by atoms with E-state index >= 15 is 4.39 Å². The Bertz CT molecular complexity index is 1210. The maximum atomic E-state index is 15.1. The van der Waals surface area contributed by atoms with E-state index in [1.165, 1.54) is 11.0 Å². The van der Waals surface area contributed by atoms with Gasteiger partial charge in [0.15, 0.2) is 6.61 Å². The van der Waals surface area contributed by atoms with Crippen LogP contribution < -0.4 is 19.9 Å². The summed E-state index contributed by atoms with van der Waals surface area (Å²) in [5.41, 5.74) is 0.843. The van der Waals surface area contributed by atoms with Gasteiger partial charge < -0.3 is 34.4 Å². The molecule has 12 heteroatoms. The van der Waals surface area contributed by atoms with Crippen molar-refractivity contribution in [3.05, 3.63) is 53.8 Å². The highest BCUT2D eigenvalue weighted by Crippen LogP contribution is 2.28. The quantitative estimate of drug-likeness (QED) is 0.508. The van der Waals surface area contributed by atoms with Gasteiger partial charge in [-0.05, 0) is 56.7 Å². The fourth-order valence-electron chi connectivity index (χ4n) is 4.39. The Kier molecular flexibility index (Phi) is 8.98. The van der Waals surface area contributed by atoms with Crippen LogP contribution in [-0.4, -0.2) is 85.7 Å². The predicted octanol–water partition coefficient (Wildman–Crippen LogP) is 2.90. The summed E-state index contributed by atoms with van der Waals surface area (Å²) in [4.78, 5) is 41.7. The molecule has 0 unspecified atom stereocenters. The van der Waals surface area contributed by atoms with E-state index in [0.29, 0.717) is 43.3 Å². The molecular formula is C28H35FN4O7. The van der Waals surface area contributed by atoms with Gasteiger partial charge in [-0.1, -0.05) is 12.1 Å². The topological polar surface area (TPSA) is 121 Å². The first kappa shape index (κ1) is 28.9. The second-order valence-electron chi connectivity index (χ2n) is 10.6. The van der Waals surface area contributed by atoms with Gasteiger partial charge in [0, 0.05) is 26.2 Å². The van der Waals surface area contributed by atoms with Crippen LogP contribution in [0.5, 0.6) is 5.75 Å². The van der Waals surface area contributed by atoms with Crippen LogP contribution in [0.25, 0.3) is 0 Å². The molecule has 0 saturated carbocycles. The molecule has 2 fully saturated rings. The Labute approximate surface area is 232 Å². The Morgan fingerprint density at radius 2 is 1.80 bits per heavy atom. The molecular weight excluding hydrogens is 523 g/mol. The molecule has 2 saturated heterocycles. The Balaban J connectivity index is 1.26. The number of amides is 3. The molecule has 216 valence electrons. The van der Waals surface area contributed by atoms with E-state index in [-0.39, 0.29) is 32.2 Å². The lowest BCUT2D eigenvalue weighted by atomic mass is 10.2. The zero-order chi connectivity index (χ0) is 28.9. The third kappa shape index (κ3) is 7.53. The first-order valence-electron chi connectivity index (χ1n) is 13.1. The minimum Gasteiger partial charge on any atom is -0.484 e. The number of aliphatic hydroxyl groups is 1. The van der Waals surface area contributed by atoms with Crippen LogP contribution in [0.15, 0.2) is 42.5 Å². The van der Waals surface area contributed by atoms with E-state index in [0.717, 1.165) is 5.56 Å². The van der Waals surface area contributed by atoms with Gasteiger partial charge in [-0.25, -0.2) is 14.0 Å². The number of nitrogens with one attached hydrogen (secondary N) is 1. The lowest BCUT2D eigenvalue weighted by Crippen LogP contribution is -2.50. The number of nitrogens with zero attached hydrogens (tertiary/aromatic N) is 3. The number of halogens is 1. The number of alkyl carbamates (subject to hydrolysis) is 1. The Hall–Kier alpha value is -4.06. The molecule has 2 N–H and O–H groups in total. The molecule has 1 atom stereocenters. The van der Waals surface area contributed by atoms with Crippen LogP contribution in [0.1, 0.15) is 26.3 Å². The third-order valence-electron chi connectivity index (χ3n) is 6.43. The van der Waals surface area contributed by atoms with Crippen LogP contribution in [0.3, 0.4) is 0 Å².